The van der Waals surface area contributed by atoms with Crippen LogP contribution in [-0.2, 0) is 0 Å². The molecule has 0 saturated carbocycles. The summed E-state index contributed by atoms with van der Waals surface area (Å²) in [6.45, 7) is 13.5. The van der Waals surface area contributed by atoms with Gasteiger partial charge in [-0.05, 0) is 47.8 Å². The van der Waals surface area contributed by atoms with Crippen LogP contribution in [0.3, 0.4) is 0 Å². The lowest BCUT2D eigenvalue weighted by molar-refractivity contribution is 0.0877. The van der Waals surface area contributed by atoms with E-state index in [1.807, 2.05) is 11.8 Å². The maximum absolute atomic E-state index is 2.42. The Balaban J connectivity index is 2.89. The van der Waals surface area contributed by atoms with Gasteiger partial charge < -0.3 is 9.80 Å². The molecule has 0 aromatic heterocycles. The molecular formula is C12H24N2S. The Labute approximate surface area is 98.7 Å². The van der Waals surface area contributed by atoms with Gasteiger partial charge in [-0.25, -0.2) is 0 Å². The van der Waals surface area contributed by atoms with Gasteiger partial charge in [0.25, 0.3) is 0 Å². The van der Waals surface area contributed by atoms with Gasteiger partial charge in [-0.3, -0.25) is 0 Å². The van der Waals surface area contributed by atoms with E-state index in [0.29, 0.717) is 5.50 Å². The molecule has 3 heteroatoms. The van der Waals surface area contributed by atoms with Gasteiger partial charge in [0.2, 0.25) is 0 Å². The second-order valence-electron chi connectivity index (χ2n) is 6.02. The summed E-state index contributed by atoms with van der Waals surface area (Å²) in [5, 5.41) is 0. The van der Waals surface area contributed by atoms with Crippen molar-refractivity contribution in [2.24, 2.45) is 0 Å². The van der Waals surface area contributed by atoms with Gasteiger partial charge in [0.1, 0.15) is 0 Å². The highest BCUT2D eigenvalue weighted by Gasteiger charge is 2.37. The van der Waals surface area contributed by atoms with Crippen LogP contribution in [0.2, 0.25) is 0 Å². The predicted molar refractivity (Wildman–Crippen MR) is 69.6 cm³/mol. The smallest absolute Gasteiger partial charge is 0.150 e. The molecule has 15 heavy (non-hydrogen) atoms. The van der Waals surface area contributed by atoms with E-state index in [4.69, 9.17) is 0 Å². The Bertz CT molecular complexity index is 223. The fourth-order valence-electron chi connectivity index (χ4n) is 1.76. The van der Waals surface area contributed by atoms with Gasteiger partial charge in [0.15, 0.2) is 5.50 Å². The van der Waals surface area contributed by atoms with E-state index in [0.717, 1.165) is 0 Å². The normalized spacial score (nSPS) is 19.1. The Morgan fingerprint density at radius 2 is 1.20 bits per heavy atom. The van der Waals surface area contributed by atoms with Crippen molar-refractivity contribution in [3.05, 3.63) is 12.4 Å². The predicted octanol–water partition coefficient (Wildman–Crippen LogP) is 3.32. The standard InChI is InChI=1S/C12H24N2S/c1-11(2,3)13-8-9-14(10(13)15-7)12(4,5)6/h8-10H,1-7H3. The van der Waals surface area contributed by atoms with Gasteiger partial charge >= 0.3 is 0 Å². The summed E-state index contributed by atoms with van der Waals surface area (Å²) in [5.41, 5.74) is 0.791. The lowest BCUT2D eigenvalue weighted by Crippen LogP contribution is -2.50. The van der Waals surface area contributed by atoms with Gasteiger partial charge in [-0.2, -0.15) is 0 Å². The highest BCUT2D eigenvalue weighted by atomic mass is 32.2. The molecule has 0 atom stereocenters. The van der Waals surface area contributed by atoms with E-state index in [-0.39, 0.29) is 11.1 Å². The summed E-state index contributed by atoms with van der Waals surface area (Å²) in [4.78, 5) is 4.84. The Hall–Kier alpha value is -0.310. The van der Waals surface area contributed by atoms with Gasteiger partial charge in [0, 0.05) is 23.5 Å². The van der Waals surface area contributed by atoms with E-state index >= 15 is 0 Å². The Kier molecular flexibility index (Phi) is 3.34. The molecule has 1 heterocycles. The summed E-state index contributed by atoms with van der Waals surface area (Å²) in [6.07, 6.45) is 6.61. The molecule has 0 aromatic rings. The van der Waals surface area contributed by atoms with Crippen LogP contribution in [0.15, 0.2) is 12.4 Å². The Morgan fingerprint density at radius 1 is 0.867 bits per heavy atom. The lowest BCUT2D eigenvalue weighted by Gasteiger charge is -2.44. The molecule has 0 radical (unpaired) electrons. The fourth-order valence-corrected chi connectivity index (χ4v) is 2.99. The van der Waals surface area contributed by atoms with Crippen LogP contribution < -0.4 is 0 Å². The first kappa shape index (κ1) is 12.8. The van der Waals surface area contributed by atoms with Crippen molar-refractivity contribution in [1.29, 1.82) is 0 Å². The number of rotatable bonds is 1. The van der Waals surface area contributed by atoms with Gasteiger partial charge in [-0.15, -0.1) is 11.8 Å². The molecule has 1 rings (SSSR count). The summed E-state index contributed by atoms with van der Waals surface area (Å²) in [7, 11) is 0. The van der Waals surface area contributed by atoms with Crippen molar-refractivity contribution in [1.82, 2.24) is 9.80 Å². The third-order valence-electron chi connectivity index (χ3n) is 2.62. The summed E-state index contributed by atoms with van der Waals surface area (Å²) >= 11 is 1.89. The molecule has 0 aromatic carbocycles. The summed E-state index contributed by atoms with van der Waals surface area (Å²) in [6, 6.07) is 0. The molecule has 88 valence electrons. The van der Waals surface area contributed by atoms with Crippen molar-refractivity contribution >= 4 is 11.8 Å². The van der Waals surface area contributed by atoms with Crippen LogP contribution >= 0.6 is 11.8 Å². The molecule has 1 aliphatic heterocycles. The van der Waals surface area contributed by atoms with Crippen LogP contribution in [-0.4, -0.2) is 32.6 Å². The summed E-state index contributed by atoms with van der Waals surface area (Å²) < 4.78 is 0. The second-order valence-corrected chi connectivity index (χ2v) is 6.91. The van der Waals surface area contributed by atoms with Crippen molar-refractivity contribution in [3.63, 3.8) is 0 Å². The van der Waals surface area contributed by atoms with E-state index in [9.17, 15) is 0 Å². The van der Waals surface area contributed by atoms with E-state index in [2.05, 4.69) is 70.0 Å². The molecule has 0 N–H and O–H groups in total. The first-order chi connectivity index (χ1) is 6.68. The van der Waals surface area contributed by atoms with Crippen molar-refractivity contribution in [3.8, 4) is 0 Å². The van der Waals surface area contributed by atoms with E-state index < -0.39 is 0 Å². The van der Waals surface area contributed by atoms with Crippen LogP contribution in [0.4, 0.5) is 0 Å². The number of hydrogen-bond donors (Lipinski definition) is 0. The maximum atomic E-state index is 2.42. The quantitative estimate of drug-likeness (QED) is 0.680. The lowest BCUT2D eigenvalue weighted by atomic mass is 10.1. The molecule has 0 spiro atoms. The largest absolute Gasteiger partial charge is 0.343 e. The fraction of sp³-hybridized carbons (Fsp3) is 0.833. The first-order valence-corrected chi connectivity index (χ1v) is 6.75. The minimum absolute atomic E-state index is 0.185. The molecule has 0 saturated heterocycles. The number of nitrogens with zero attached hydrogens (tertiary/aromatic N) is 2. The minimum Gasteiger partial charge on any atom is -0.343 e. The van der Waals surface area contributed by atoms with Crippen molar-refractivity contribution in [2.45, 2.75) is 58.1 Å². The number of thioether (sulfide) groups is 1. The Morgan fingerprint density at radius 3 is 1.40 bits per heavy atom. The molecule has 0 bridgehead atoms. The molecule has 0 unspecified atom stereocenters. The molecule has 1 aliphatic rings. The average Bonchev–Trinajstić information content (AvgIpc) is 2.43. The molecule has 0 aliphatic carbocycles. The van der Waals surface area contributed by atoms with Crippen molar-refractivity contribution in [2.75, 3.05) is 6.26 Å². The molecular weight excluding hydrogens is 204 g/mol. The molecule has 0 amide bonds. The zero-order valence-electron chi connectivity index (χ0n) is 11.0. The van der Waals surface area contributed by atoms with E-state index in [1.54, 1.807) is 0 Å². The minimum atomic E-state index is 0.185. The van der Waals surface area contributed by atoms with Gasteiger partial charge in [-0.1, -0.05) is 0 Å². The van der Waals surface area contributed by atoms with Crippen LogP contribution in [0.5, 0.6) is 0 Å². The topological polar surface area (TPSA) is 6.48 Å². The highest BCUT2D eigenvalue weighted by molar-refractivity contribution is 7.99. The third-order valence-corrected chi connectivity index (χ3v) is 3.50. The average molecular weight is 228 g/mol. The zero-order valence-corrected chi connectivity index (χ0v) is 11.9. The van der Waals surface area contributed by atoms with Crippen LogP contribution in [0, 0.1) is 0 Å². The SMILES string of the molecule is CSC1N(C(C)(C)C)C=CN1C(C)(C)C. The first-order valence-electron chi connectivity index (χ1n) is 5.46. The van der Waals surface area contributed by atoms with E-state index in [1.165, 1.54) is 0 Å². The number of hydrogen-bond acceptors (Lipinski definition) is 3. The molecule has 0 fully saturated rings. The second kappa shape index (κ2) is 3.93. The summed E-state index contributed by atoms with van der Waals surface area (Å²) in [5.74, 6) is 0. The maximum Gasteiger partial charge on any atom is 0.150 e. The zero-order chi connectivity index (χ0) is 11.9. The third kappa shape index (κ3) is 2.63. The van der Waals surface area contributed by atoms with Gasteiger partial charge in [0.05, 0.1) is 0 Å². The molecule has 2 nitrogen and oxygen atoms in total. The van der Waals surface area contributed by atoms with Crippen molar-refractivity contribution < 1.29 is 0 Å². The monoisotopic (exact) mass is 228 g/mol. The van der Waals surface area contributed by atoms with Crippen LogP contribution in [0.1, 0.15) is 41.5 Å². The highest BCUT2D eigenvalue weighted by Crippen LogP contribution is 2.35. The van der Waals surface area contributed by atoms with Crippen LogP contribution in [0.25, 0.3) is 0 Å².